The molecular formula is C16H27N2O+. The van der Waals surface area contributed by atoms with Gasteiger partial charge >= 0.3 is 0 Å². The first kappa shape index (κ1) is 12.2. The zero-order chi connectivity index (χ0) is 13.0. The second-order valence-corrected chi connectivity index (χ2v) is 7.63. The minimum Gasteiger partial charge on any atom is -0.339 e. The van der Waals surface area contributed by atoms with E-state index in [9.17, 15) is 4.79 Å². The Balaban J connectivity index is 1.69. The Morgan fingerprint density at radius 2 is 1.89 bits per heavy atom. The number of fused-ring (bicyclic) bond motifs is 2. The van der Waals surface area contributed by atoms with Crippen molar-refractivity contribution in [3.8, 4) is 0 Å². The lowest BCUT2D eigenvalue weighted by Crippen LogP contribution is -2.72. The molecule has 4 saturated heterocycles. The van der Waals surface area contributed by atoms with Gasteiger partial charge in [0.2, 0.25) is 5.91 Å². The standard InChI is InChI=1S/C16H27N2O/c1-18-9-3-5-12-11-17-14(7-2-8-15(17)19)13(16(12)18)6-4-10-18/h12-14,16H,2-11H2,1H3/q+1/t12-,13+,14-,16+,18+/m1/s1. The largest absolute Gasteiger partial charge is 0.339 e. The maximum absolute atomic E-state index is 12.3. The Labute approximate surface area is 116 Å². The van der Waals surface area contributed by atoms with Gasteiger partial charge in [-0.2, -0.15) is 0 Å². The quantitative estimate of drug-likeness (QED) is 0.612. The molecule has 0 aromatic rings. The van der Waals surface area contributed by atoms with E-state index >= 15 is 0 Å². The van der Waals surface area contributed by atoms with E-state index in [2.05, 4.69) is 11.9 Å². The maximum atomic E-state index is 12.3. The average Bonchev–Trinajstić information content (AvgIpc) is 2.40. The monoisotopic (exact) mass is 263 g/mol. The van der Waals surface area contributed by atoms with Crippen LogP contribution in [0.1, 0.15) is 44.9 Å². The van der Waals surface area contributed by atoms with Crippen LogP contribution >= 0.6 is 0 Å². The average molecular weight is 263 g/mol. The lowest BCUT2D eigenvalue weighted by molar-refractivity contribution is -0.952. The molecule has 4 heterocycles. The van der Waals surface area contributed by atoms with Crippen LogP contribution in [-0.2, 0) is 4.79 Å². The summed E-state index contributed by atoms with van der Waals surface area (Å²) >= 11 is 0. The Hall–Kier alpha value is -0.570. The van der Waals surface area contributed by atoms with Gasteiger partial charge in [-0.1, -0.05) is 0 Å². The van der Waals surface area contributed by atoms with Gasteiger partial charge in [-0.3, -0.25) is 4.79 Å². The summed E-state index contributed by atoms with van der Waals surface area (Å²) in [5.41, 5.74) is 0. The molecule has 0 saturated carbocycles. The highest BCUT2D eigenvalue weighted by Crippen LogP contribution is 2.47. The van der Waals surface area contributed by atoms with Crippen LogP contribution in [-0.4, -0.2) is 54.1 Å². The third-order valence-corrected chi connectivity index (χ3v) is 6.63. The predicted molar refractivity (Wildman–Crippen MR) is 74.5 cm³/mol. The Morgan fingerprint density at radius 3 is 2.74 bits per heavy atom. The predicted octanol–water partition coefficient (Wildman–Crippen LogP) is 2.02. The van der Waals surface area contributed by atoms with Gasteiger partial charge in [0.1, 0.15) is 0 Å². The van der Waals surface area contributed by atoms with Gasteiger partial charge in [0.25, 0.3) is 0 Å². The molecule has 0 unspecified atom stereocenters. The van der Waals surface area contributed by atoms with Crippen LogP contribution in [0.25, 0.3) is 0 Å². The maximum Gasteiger partial charge on any atom is 0.222 e. The molecule has 106 valence electrons. The van der Waals surface area contributed by atoms with Gasteiger partial charge in [0.05, 0.1) is 26.2 Å². The summed E-state index contributed by atoms with van der Waals surface area (Å²) in [6.45, 7) is 3.86. The fourth-order valence-corrected chi connectivity index (χ4v) is 5.98. The molecule has 4 aliphatic rings. The highest BCUT2D eigenvalue weighted by molar-refractivity contribution is 5.77. The summed E-state index contributed by atoms with van der Waals surface area (Å²) in [4.78, 5) is 14.6. The first-order valence-electron chi connectivity index (χ1n) is 8.33. The summed E-state index contributed by atoms with van der Waals surface area (Å²) < 4.78 is 1.33. The molecule has 3 heteroatoms. The van der Waals surface area contributed by atoms with Crippen LogP contribution in [0.5, 0.6) is 0 Å². The fraction of sp³-hybridized carbons (Fsp3) is 0.938. The van der Waals surface area contributed by atoms with Crippen molar-refractivity contribution >= 4 is 5.91 Å². The molecule has 0 N–H and O–H groups in total. The second kappa shape index (κ2) is 4.21. The molecule has 4 aliphatic heterocycles. The van der Waals surface area contributed by atoms with Gasteiger partial charge in [0, 0.05) is 30.8 Å². The Bertz CT molecular complexity index is 392. The Kier molecular flexibility index (Phi) is 2.70. The number of nitrogens with zero attached hydrogens (tertiary/aromatic N) is 2. The van der Waals surface area contributed by atoms with E-state index in [1.807, 2.05) is 0 Å². The number of piperidine rings is 4. The van der Waals surface area contributed by atoms with Crippen LogP contribution in [0, 0.1) is 11.8 Å². The molecule has 0 aliphatic carbocycles. The number of carbonyl (C=O) groups is 1. The van der Waals surface area contributed by atoms with Crippen molar-refractivity contribution < 1.29 is 9.28 Å². The smallest absolute Gasteiger partial charge is 0.222 e. The molecule has 4 fully saturated rings. The second-order valence-electron chi connectivity index (χ2n) is 7.63. The summed E-state index contributed by atoms with van der Waals surface area (Å²) in [6.07, 6.45) is 8.72. The van der Waals surface area contributed by atoms with E-state index in [1.165, 1.54) is 49.7 Å². The van der Waals surface area contributed by atoms with Crippen molar-refractivity contribution in [2.45, 2.75) is 57.0 Å². The lowest BCUT2D eigenvalue weighted by Gasteiger charge is -2.61. The molecular weight excluding hydrogens is 236 g/mol. The fourth-order valence-electron chi connectivity index (χ4n) is 5.98. The van der Waals surface area contributed by atoms with E-state index in [0.29, 0.717) is 11.9 Å². The molecule has 4 rings (SSSR count). The number of amides is 1. The SMILES string of the molecule is C[N@+]12CCC[C@@H]3CN4C(=O)CCC[C@@H]4[C@H](CCC1)[C@H]32. The van der Waals surface area contributed by atoms with Crippen molar-refractivity contribution in [3.05, 3.63) is 0 Å². The Morgan fingerprint density at radius 1 is 1.11 bits per heavy atom. The molecule has 0 bridgehead atoms. The molecule has 0 spiro atoms. The molecule has 0 aromatic heterocycles. The first-order chi connectivity index (χ1) is 9.19. The van der Waals surface area contributed by atoms with E-state index in [1.54, 1.807) is 0 Å². The summed E-state index contributed by atoms with van der Waals surface area (Å²) in [7, 11) is 2.50. The summed E-state index contributed by atoms with van der Waals surface area (Å²) in [5.74, 6) is 2.06. The van der Waals surface area contributed by atoms with Crippen molar-refractivity contribution in [1.82, 2.24) is 4.90 Å². The molecule has 5 atom stereocenters. The number of hydrogen-bond donors (Lipinski definition) is 0. The zero-order valence-electron chi connectivity index (χ0n) is 12.2. The molecule has 0 aromatic carbocycles. The van der Waals surface area contributed by atoms with Gasteiger partial charge in [-0.25, -0.2) is 0 Å². The van der Waals surface area contributed by atoms with Gasteiger partial charge in [-0.15, -0.1) is 0 Å². The number of rotatable bonds is 0. The lowest BCUT2D eigenvalue weighted by atomic mass is 9.67. The number of hydrogen-bond acceptors (Lipinski definition) is 1. The van der Waals surface area contributed by atoms with Gasteiger partial charge in [0.15, 0.2) is 0 Å². The van der Waals surface area contributed by atoms with E-state index in [0.717, 1.165) is 37.3 Å². The van der Waals surface area contributed by atoms with Crippen molar-refractivity contribution in [2.24, 2.45) is 11.8 Å². The van der Waals surface area contributed by atoms with Crippen molar-refractivity contribution in [1.29, 1.82) is 0 Å². The van der Waals surface area contributed by atoms with Crippen LogP contribution in [0.4, 0.5) is 0 Å². The summed E-state index contributed by atoms with van der Waals surface area (Å²) in [5, 5.41) is 0. The van der Waals surface area contributed by atoms with Gasteiger partial charge < -0.3 is 9.38 Å². The summed E-state index contributed by atoms with van der Waals surface area (Å²) in [6, 6.07) is 1.47. The zero-order valence-corrected chi connectivity index (χ0v) is 12.2. The normalized spacial score (nSPS) is 49.5. The number of quaternary nitrogens is 1. The van der Waals surface area contributed by atoms with Crippen LogP contribution in [0.2, 0.25) is 0 Å². The van der Waals surface area contributed by atoms with E-state index in [-0.39, 0.29) is 0 Å². The number of carbonyl (C=O) groups excluding carboxylic acids is 1. The minimum atomic E-state index is 0.458. The topological polar surface area (TPSA) is 20.3 Å². The molecule has 3 nitrogen and oxygen atoms in total. The van der Waals surface area contributed by atoms with Gasteiger partial charge in [-0.05, 0) is 38.5 Å². The molecule has 19 heavy (non-hydrogen) atoms. The van der Waals surface area contributed by atoms with Crippen molar-refractivity contribution in [3.63, 3.8) is 0 Å². The van der Waals surface area contributed by atoms with E-state index < -0.39 is 0 Å². The highest BCUT2D eigenvalue weighted by Gasteiger charge is 2.56. The van der Waals surface area contributed by atoms with Crippen LogP contribution in [0.15, 0.2) is 0 Å². The minimum absolute atomic E-state index is 0.458. The molecule has 0 radical (unpaired) electrons. The highest BCUT2D eigenvalue weighted by atomic mass is 16.2. The first-order valence-corrected chi connectivity index (χ1v) is 8.33. The van der Waals surface area contributed by atoms with E-state index in [4.69, 9.17) is 0 Å². The third kappa shape index (κ3) is 1.70. The van der Waals surface area contributed by atoms with Crippen LogP contribution < -0.4 is 0 Å². The van der Waals surface area contributed by atoms with Crippen LogP contribution in [0.3, 0.4) is 0 Å². The third-order valence-electron chi connectivity index (χ3n) is 6.63. The van der Waals surface area contributed by atoms with Crippen molar-refractivity contribution in [2.75, 3.05) is 26.7 Å². The molecule has 1 amide bonds.